The molecule has 5 aliphatic rings. The van der Waals surface area contributed by atoms with Gasteiger partial charge in [0.1, 0.15) is 0 Å². The standard InChI is InChI=1S/C21H32N8O2.C14H17ClN6O2.C13H18N6O.C7H16N2/c1-7-31-16-8-9-22-19(23-16)24-18-15-12-29(21(4,5)17(15)25-26-18)20(30)28-11-13(2)27(6)10-14(28)3;1-4-23-9-5-6-16-13(17-9)18-11-8-7-21(12(15)22)14(2,3)10(8)19-20-11;1-4-20-9-5-6-14-12(16-9)17-11-8-7-15-13(2,3)10(8)18-19-11;1-6-5-9(3)7(2)4-8-6/h8-9,13-14H,7,10-12H2,1-6H3,(H2,22,23,24,25,26);5-6H,4,7H2,1-3H3,(H2,16,17,18,19,20);5-6,15H,4,7H2,1-3H3,(H2,14,16,17,18,19);6-8H,4-5H2,1-3H3/t13-,14+;;;6-,7+/m1..0/s1. The average molecular weight is 1170 g/mol. The highest BCUT2D eigenvalue weighted by Gasteiger charge is 2.47. The zero-order valence-corrected chi connectivity index (χ0v) is 51.3. The summed E-state index contributed by atoms with van der Waals surface area (Å²) in [6.07, 6.45) is 4.91. The number of carbonyl (C=O) groups excluding carboxylic acids is 2. The Morgan fingerprint density at radius 1 is 0.602 bits per heavy atom. The maximum Gasteiger partial charge on any atom is 0.321 e. The van der Waals surface area contributed by atoms with Crippen molar-refractivity contribution in [2.24, 2.45) is 0 Å². The SMILES string of the molecule is CCOc1ccnc(Nc2n[nH]c3c2CN(C(=O)Cl)C3(C)C)n1.CCOc1ccnc(Nc2n[nH]c3c2CN(C(=O)N2C[C@@H](C)N(C)C[C@@H]2C)C3(C)C)n1.CCOc1ccnc(Nc2n[nH]c3c2CNC3(C)C)n1.C[C@@H]1CN[C@@H](C)CN1C. The van der Waals surface area contributed by atoms with Crippen molar-refractivity contribution in [1.82, 2.24) is 95.6 Å². The molecule has 8 N–H and O–H groups in total. The van der Waals surface area contributed by atoms with Crippen molar-refractivity contribution >= 4 is 58.3 Å². The molecule has 0 spiro atoms. The van der Waals surface area contributed by atoms with Crippen molar-refractivity contribution in [2.75, 3.05) is 76.0 Å². The van der Waals surface area contributed by atoms with Crippen molar-refractivity contribution in [3.8, 4) is 17.6 Å². The molecular weight excluding hydrogens is 1080 g/mol. The molecule has 5 aliphatic heterocycles. The van der Waals surface area contributed by atoms with Crippen LogP contribution in [0.5, 0.6) is 17.6 Å². The summed E-state index contributed by atoms with van der Waals surface area (Å²) in [5.74, 6) is 4.76. The molecule has 2 saturated heterocycles. The first-order valence-corrected chi connectivity index (χ1v) is 28.7. The van der Waals surface area contributed by atoms with E-state index in [0.717, 1.165) is 65.8 Å². The lowest BCUT2D eigenvalue weighted by Crippen LogP contribution is -2.60. The van der Waals surface area contributed by atoms with Crippen LogP contribution >= 0.6 is 11.6 Å². The number of nitrogens with one attached hydrogen (secondary N) is 8. The van der Waals surface area contributed by atoms with E-state index in [1.165, 1.54) is 6.54 Å². The van der Waals surface area contributed by atoms with Crippen molar-refractivity contribution in [3.05, 3.63) is 70.6 Å². The first kappa shape index (κ1) is 61.6. The maximum atomic E-state index is 13.6. The van der Waals surface area contributed by atoms with Crippen LogP contribution in [0.4, 0.5) is 44.9 Å². The van der Waals surface area contributed by atoms with E-state index in [2.05, 4.69) is 166 Å². The Labute approximate surface area is 490 Å². The molecule has 11 rings (SSSR count). The van der Waals surface area contributed by atoms with Gasteiger partial charge in [-0.15, -0.1) is 0 Å². The molecule has 11 heterocycles. The highest BCUT2D eigenvalue weighted by atomic mass is 35.5. The van der Waals surface area contributed by atoms with Crippen LogP contribution in [0, 0.1) is 0 Å². The summed E-state index contributed by atoms with van der Waals surface area (Å²) in [6.45, 7) is 33.8. The van der Waals surface area contributed by atoms with E-state index in [0.29, 0.717) is 98.2 Å². The van der Waals surface area contributed by atoms with Crippen molar-refractivity contribution in [1.29, 1.82) is 0 Å². The molecule has 6 aromatic rings. The van der Waals surface area contributed by atoms with Gasteiger partial charge in [0.2, 0.25) is 35.5 Å². The summed E-state index contributed by atoms with van der Waals surface area (Å²) in [6, 6.07) is 7.06. The summed E-state index contributed by atoms with van der Waals surface area (Å²) in [4.78, 5) is 60.8. The Hall–Kier alpha value is -7.46. The Morgan fingerprint density at radius 3 is 1.48 bits per heavy atom. The van der Waals surface area contributed by atoms with Gasteiger partial charge in [-0.3, -0.25) is 25.0 Å². The van der Waals surface area contributed by atoms with Gasteiger partial charge in [-0.05, 0) is 116 Å². The van der Waals surface area contributed by atoms with Gasteiger partial charge in [0.15, 0.2) is 17.5 Å². The van der Waals surface area contributed by atoms with E-state index in [4.69, 9.17) is 25.8 Å². The lowest BCUT2D eigenvalue weighted by Gasteiger charge is -2.45. The number of carbonyl (C=O) groups is 2. The summed E-state index contributed by atoms with van der Waals surface area (Å²) in [5, 5.41) is 37.9. The van der Waals surface area contributed by atoms with Gasteiger partial charge in [0.05, 0.1) is 66.6 Å². The van der Waals surface area contributed by atoms with Crippen LogP contribution in [-0.2, 0) is 36.3 Å². The fourth-order valence-corrected chi connectivity index (χ4v) is 10.8. The predicted molar refractivity (Wildman–Crippen MR) is 317 cm³/mol. The van der Waals surface area contributed by atoms with Gasteiger partial charge in [-0.25, -0.2) is 19.7 Å². The molecule has 3 amide bonds. The third kappa shape index (κ3) is 14.0. The van der Waals surface area contributed by atoms with Crippen LogP contribution < -0.4 is 40.8 Å². The Balaban J connectivity index is 0.000000154. The number of aromatic nitrogens is 12. The number of urea groups is 1. The third-order valence-corrected chi connectivity index (χ3v) is 15.9. The number of hydrogen-bond donors (Lipinski definition) is 8. The lowest BCUT2D eigenvalue weighted by atomic mass is 10.0. The second-order valence-corrected chi connectivity index (χ2v) is 23.1. The molecule has 27 nitrogen and oxygen atoms in total. The minimum atomic E-state index is -0.547. The van der Waals surface area contributed by atoms with Crippen LogP contribution in [0.15, 0.2) is 36.8 Å². The number of amides is 3. The minimum Gasteiger partial charge on any atom is -0.478 e. The fraction of sp³-hybridized carbons (Fsp3) is 0.582. The number of likely N-dealkylation sites (N-methyl/N-ethyl adjacent to an activating group) is 2. The zero-order valence-electron chi connectivity index (χ0n) is 50.5. The molecule has 0 aliphatic carbocycles. The Kier molecular flexibility index (Phi) is 19.3. The van der Waals surface area contributed by atoms with Crippen LogP contribution in [0.2, 0.25) is 0 Å². The third-order valence-electron chi connectivity index (χ3n) is 15.7. The molecule has 83 heavy (non-hydrogen) atoms. The van der Waals surface area contributed by atoms with Crippen molar-refractivity contribution in [3.63, 3.8) is 0 Å². The highest BCUT2D eigenvalue weighted by molar-refractivity contribution is 6.62. The minimum absolute atomic E-state index is 0.0580. The van der Waals surface area contributed by atoms with E-state index in [9.17, 15) is 9.59 Å². The second kappa shape index (κ2) is 26.0. The molecule has 4 atom stereocenters. The topological polar surface area (TPSA) is 302 Å². The fourth-order valence-electron chi connectivity index (χ4n) is 10.5. The Morgan fingerprint density at radius 2 is 1.04 bits per heavy atom. The largest absolute Gasteiger partial charge is 0.478 e. The molecular formula is C55H83ClN22O5. The van der Waals surface area contributed by atoms with E-state index in [1.807, 2.05) is 44.4 Å². The van der Waals surface area contributed by atoms with Crippen LogP contribution in [0.25, 0.3) is 0 Å². The number of ether oxygens (including phenoxy) is 3. The van der Waals surface area contributed by atoms with E-state index in [1.54, 1.807) is 41.7 Å². The molecule has 0 aromatic carbocycles. The first-order chi connectivity index (χ1) is 39.4. The predicted octanol–water partition coefficient (Wildman–Crippen LogP) is 7.27. The Bertz CT molecular complexity index is 3160. The molecule has 2 fully saturated rings. The van der Waals surface area contributed by atoms with Crippen molar-refractivity contribution < 1.29 is 23.8 Å². The number of hydrogen-bond acceptors (Lipinski definition) is 21. The molecule has 6 aromatic heterocycles. The maximum absolute atomic E-state index is 13.6. The van der Waals surface area contributed by atoms with E-state index >= 15 is 0 Å². The van der Waals surface area contributed by atoms with Gasteiger partial charge in [0.25, 0.3) is 0 Å². The van der Waals surface area contributed by atoms with Gasteiger partial charge >= 0.3 is 11.4 Å². The molecule has 0 unspecified atom stereocenters. The number of fused-ring (bicyclic) bond motifs is 3. The number of rotatable bonds is 12. The van der Waals surface area contributed by atoms with Crippen molar-refractivity contribution in [2.45, 2.75) is 150 Å². The number of piperazine rings is 2. The zero-order chi connectivity index (χ0) is 60.0. The highest BCUT2D eigenvalue weighted by Crippen LogP contribution is 2.43. The number of anilines is 6. The molecule has 0 saturated carbocycles. The summed E-state index contributed by atoms with van der Waals surface area (Å²) in [5.41, 5.74) is 4.69. The number of halogens is 1. The molecule has 450 valence electrons. The molecule has 28 heteroatoms. The monoisotopic (exact) mass is 1170 g/mol. The quantitative estimate of drug-likeness (QED) is 0.0441. The van der Waals surface area contributed by atoms with Gasteiger partial charge in [-0.2, -0.15) is 30.2 Å². The normalized spacial score (nSPS) is 20.9. The van der Waals surface area contributed by atoms with E-state index in [-0.39, 0.29) is 17.6 Å². The smallest absolute Gasteiger partial charge is 0.321 e. The second-order valence-electron chi connectivity index (χ2n) is 22.8. The van der Waals surface area contributed by atoms with Crippen LogP contribution in [-0.4, -0.2) is 181 Å². The summed E-state index contributed by atoms with van der Waals surface area (Å²) < 4.78 is 16.2. The van der Waals surface area contributed by atoms with Gasteiger partial charge < -0.3 is 60.4 Å². The lowest BCUT2D eigenvalue weighted by molar-refractivity contribution is 0.0457. The van der Waals surface area contributed by atoms with Gasteiger partial charge in [0, 0.05) is 110 Å². The van der Waals surface area contributed by atoms with Gasteiger partial charge in [-0.1, -0.05) is 0 Å². The number of nitrogens with zero attached hydrogens (tertiary/aromatic N) is 14. The summed E-state index contributed by atoms with van der Waals surface area (Å²) >= 11 is 5.67. The van der Waals surface area contributed by atoms with E-state index < -0.39 is 16.4 Å². The van der Waals surface area contributed by atoms with Crippen LogP contribution in [0.1, 0.15) is 124 Å². The first-order valence-electron chi connectivity index (χ1n) is 28.3. The van der Waals surface area contributed by atoms with Crippen LogP contribution in [0.3, 0.4) is 0 Å². The average Bonchev–Trinajstić information content (AvgIpc) is 2.21. The number of H-pyrrole nitrogens is 3. The number of aromatic amines is 3. The molecule has 0 bridgehead atoms. The molecule has 0 radical (unpaired) electrons. The summed E-state index contributed by atoms with van der Waals surface area (Å²) in [7, 11) is 4.29.